The van der Waals surface area contributed by atoms with Gasteiger partial charge in [0.15, 0.2) is 0 Å². The topological polar surface area (TPSA) is 175 Å². The molecule has 0 aromatic rings. The first-order valence-corrected chi connectivity index (χ1v) is 27.4. The molecule has 0 aliphatic rings. The Morgan fingerprint density at radius 2 is 0.507 bits per heavy atom. The van der Waals surface area contributed by atoms with Crippen molar-refractivity contribution in [2.45, 2.75) is 262 Å². The van der Waals surface area contributed by atoms with Crippen LogP contribution in [0.4, 0.5) is 0 Å². The van der Waals surface area contributed by atoms with Gasteiger partial charge >= 0.3 is 0 Å². The Balaban J connectivity index is -0.000000174. The average Bonchev–Trinajstić information content (AvgIpc) is 3.32. The van der Waals surface area contributed by atoms with E-state index in [4.69, 9.17) is 0 Å². The molecular weight excluding hydrogens is 865 g/mol. The highest BCUT2D eigenvalue weighted by atomic mass is 16.2. The van der Waals surface area contributed by atoms with E-state index in [2.05, 4.69) is 66.5 Å². The lowest BCUT2D eigenvalue weighted by Gasteiger charge is -2.21. The lowest BCUT2D eigenvalue weighted by atomic mass is 9.89. The first-order valence-electron chi connectivity index (χ1n) is 27.4. The molecule has 6 N–H and O–H groups in total. The fraction of sp³-hybridized carbons (Fsp3) is 0.895. The number of amides is 6. The summed E-state index contributed by atoms with van der Waals surface area (Å²) in [6.45, 7) is 50.3. The predicted molar refractivity (Wildman–Crippen MR) is 298 cm³/mol. The van der Waals surface area contributed by atoms with E-state index < -0.39 is 0 Å². The van der Waals surface area contributed by atoms with Crippen molar-refractivity contribution in [3.05, 3.63) is 0 Å². The van der Waals surface area contributed by atoms with E-state index in [-0.39, 0.29) is 67.9 Å². The van der Waals surface area contributed by atoms with E-state index >= 15 is 0 Å². The highest BCUT2D eigenvalue weighted by Crippen LogP contribution is 2.22. The summed E-state index contributed by atoms with van der Waals surface area (Å²) >= 11 is 0. The number of carbonyl (C=O) groups excluding carboxylic acids is 6. The van der Waals surface area contributed by atoms with Crippen molar-refractivity contribution in [3.8, 4) is 0 Å². The number of hydrogen-bond acceptors (Lipinski definition) is 6. The summed E-state index contributed by atoms with van der Waals surface area (Å²) in [6.07, 6.45) is 16.9. The summed E-state index contributed by atoms with van der Waals surface area (Å²) in [7, 11) is 1.67. The summed E-state index contributed by atoms with van der Waals surface area (Å²) in [4.78, 5) is 68.1. The number of rotatable bonds is 27. The maximum atomic E-state index is 11.6. The van der Waals surface area contributed by atoms with Crippen LogP contribution in [0.25, 0.3) is 0 Å². The molecular formula is C57H120N6O6. The van der Waals surface area contributed by atoms with Crippen LogP contribution in [-0.4, -0.2) is 75.2 Å². The normalized spacial score (nSPS) is 11.3. The quantitative estimate of drug-likeness (QED) is 0.0447. The summed E-state index contributed by atoms with van der Waals surface area (Å²) in [5.41, 5.74) is -1.20. The Morgan fingerprint density at radius 3 is 0.739 bits per heavy atom. The van der Waals surface area contributed by atoms with Gasteiger partial charge in [-0.25, -0.2) is 0 Å². The third-order valence-electron chi connectivity index (χ3n) is 13.3. The number of hydrogen-bond donors (Lipinski definition) is 6. The van der Waals surface area contributed by atoms with Crippen molar-refractivity contribution in [3.63, 3.8) is 0 Å². The van der Waals surface area contributed by atoms with Gasteiger partial charge in [0.05, 0.1) is 0 Å². The van der Waals surface area contributed by atoms with E-state index in [0.717, 1.165) is 103 Å². The molecule has 0 radical (unpaired) electrons. The van der Waals surface area contributed by atoms with Crippen LogP contribution in [0.2, 0.25) is 0 Å². The third kappa shape index (κ3) is 42.2. The summed E-state index contributed by atoms with van der Waals surface area (Å²) in [5, 5.41) is 17.2. The van der Waals surface area contributed by atoms with Gasteiger partial charge in [0.25, 0.3) is 0 Å². The lowest BCUT2D eigenvalue weighted by molar-refractivity contribution is -0.130. The molecule has 0 heterocycles. The molecule has 0 aliphatic carbocycles. The van der Waals surface area contributed by atoms with E-state index in [1.54, 1.807) is 7.05 Å². The maximum absolute atomic E-state index is 11.6. The monoisotopic (exact) mass is 985 g/mol. The van der Waals surface area contributed by atoms with Gasteiger partial charge < -0.3 is 31.9 Å². The number of nitrogens with one attached hydrogen (secondary N) is 6. The minimum absolute atomic E-state index is 0.116. The molecule has 0 saturated heterocycles. The van der Waals surface area contributed by atoms with E-state index in [1.165, 1.54) is 32.1 Å². The molecule has 0 aromatic carbocycles. The number of carbonyl (C=O) groups is 6. The molecule has 0 spiro atoms. The van der Waals surface area contributed by atoms with Crippen molar-refractivity contribution < 1.29 is 28.8 Å². The first-order chi connectivity index (χ1) is 31.8. The van der Waals surface area contributed by atoms with Gasteiger partial charge in [0, 0.05) is 72.3 Å². The first kappa shape index (κ1) is 77.3. The van der Waals surface area contributed by atoms with Crippen LogP contribution in [0.3, 0.4) is 0 Å². The van der Waals surface area contributed by atoms with Crippen molar-refractivity contribution in [1.82, 2.24) is 31.9 Å². The van der Waals surface area contributed by atoms with Gasteiger partial charge in [-0.1, -0.05) is 191 Å². The number of unbranched alkanes of at least 4 members (excludes halogenated alkanes) is 6. The zero-order valence-electron chi connectivity index (χ0n) is 50.3. The average molecular weight is 986 g/mol. The van der Waals surface area contributed by atoms with Crippen molar-refractivity contribution in [1.29, 1.82) is 0 Å². The predicted octanol–water partition coefficient (Wildman–Crippen LogP) is 12.9. The second kappa shape index (κ2) is 43.6. The third-order valence-corrected chi connectivity index (χ3v) is 13.3. The molecule has 0 aliphatic heterocycles. The molecule has 69 heavy (non-hydrogen) atoms. The zero-order valence-corrected chi connectivity index (χ0v) is 50.3. The molecule has 12 heteroatoms. The molecule has 6 amide bonds. The molecule has 0 saturated carbocycles. The highest BCUT2D eigenvalue weighted by Gasteiger charge is 2.27. The molecule has 0 unspecified atom stereocenters. The summed E-state index contributed by atoms with van der Waals surface area (Å²) < 4.78 is 0. The van der Waals surface area contributed by atoms with Gasteiger partial charge in [0.1, 0.15) is 0 Å². The Hall–Kier alpha value is -3.18. The smallest absolute Gasteiger partial charge is 0.225 e. The molecule has 0 fully saturated rings. The van der Waals surface area contributed by atoms with Crippen LogP contribution in [0, 0.1) is 32.5 Å². The minimum Gasteiger partial charge on any atom is -0.359 e. The largest absolute Gasteiger partial charge is 0.359 e. The zero-order chi connectivity index (χ0) is 55.6. The van der Waals surface area contributed by atoms with Crippen LogP contribution in [0.5, 0.6) is 0 Å². The molecule has 414 valence electrons. The fourth-order valence-electron chi connectivity index (χ4n) is 4.61. The van der Waals surface area contributed by atoms with Crippen LogP contribution in [0.1, 0.15) is 262 Å². The van der Waals surface area contributed by atoms with Crippen LogP contribution >= 0.6 is 0 Å². The fourth-order valence-corrected chi connectivity index (χ4v) is 4.61. The molecule has 0 aromatic heterocycles. The van der Waals surface area contributed by atoms with Crippen molar-refractivity contribution in [2.75, 3.05) is 39.8 Å². The Kier molecular flexibility index (Phi) is 48.8. The van der Waals surface area contributed by atoms with Crippen LogP contribution < -0.4 is 31.9 Å². The Bertz CT molecular complexity index is 1320. The van der Waals surface area contributed by atoms with E-state index in [0.29, 0.717) is 0 Å². The highest BCUT2D eigenvalue weighted by molar-refractivity contribution is 5.83. The van der Waals surface area contributed by atoms with E-state index in [1.807, 2.05) is 125 Å². The molecule has 0 bridgehead atoms. The van der Waals surface area contributed by atoms with E-state index in [9.17, 15) is 28.8 Å². The van der Waals surface area contributed by atoms with Crippen molar-refractivity contribution >= 4 is 35.4 Å². The van der Waals surface area contributed by atoms with Crippen molar-refractivity contribution in [2.24, 2.45) is 32.5 Å². The summed E-state index contributed by atoms with van der Waals surface area (Å²) in [5.74, 6) is 0.991. The Labute approximate surface area is 428 Å². The SMILES string of the molecule is CCC(C)(C)C(=O)NC.CCCCCCNC(=O)C(C)(C)CC.CCCCCNC(=O)C(C)(C)CC.CCCCNC(=O)C(C)(C)CC.CCCNC(=O)C(C)(C)CC.CCNC(=O)C(C)(C)CC. The van der Waals surface area contributed by atoms with Gasteiger partial charge in [-0.05, 0) is 71.1 Å². The second-order valence-corrected chi connectivity index (χ2v) is 22.0. The molecule has 0 rings (SSSR count). The van der Waals surface area contributed by atoms with Gasteiger partial charge in [-0.15, -0.1) is 0 Å². The minimum atomic E-state index is -0.204. The van der Waals surface area contributed by atoms with Crippen LogP contribution in [-0.2, 0) is 28.8 Å². The Morgan fingerprint density at radius 1 is 0.275 bits per heavy atom. The second-order valence-electron chi connectivity index (χ2n) is 22.0. The lowest BCUT2D eigenvalue weighted by Crippen LogP contribution is -2.36. The summed E-state index contributed by atoms with van der Waals surface area (Å²) in [6, 6.07) is 0. The standard InChI is InChI=1S/C12H25NO.C11H23NO.C10H21NO.C9H19NO.C8H17NO.C7H15NO/c1-5-7-8-9-10-13-11(14)12(3,4)6-2;1-5-7-8-9-12-10(13)11(3,4)6-2;1-5-7-8-11-9(12)10(3,4)6-2;1-5-7-10-8(11)9(3,4)6-2;1-5-8(3,4)7(10)9-6-2;1-5-7(2,3)6(9)8-4/h5-10H2,1-4H3,(H,13,14);5-9H2,1-4H3,(H,12,13);5-8H2,1-4H3,(H,11,12);5-7H2,1-4H3,(H,10,11);5-6H2,1-4H3,(H,9,10);5H2,1-4H3,(H,8,9). The maximum Gasteiger partial charge on any atom is 0.225 e. The van der Waals surface area contributed by atoms with Gasteiger partial charge in [-0.3, -0.25) is 28.8 Å². The molecule has 12 nitrogen and oxygen atoms in total. The van der Waals surface area contributed by atoms with Gasteiger partial charge in [0.2, 0.25) is 35.4 Å². The van der Waals surface area contributed by atoms with Gasteiger partial charge in [-0.2, -0.15) is 0 Å². The van der Waals surface area contributed by atoms with Crippen LogP contribution in [0.15, 0.2) is 0 Å². The molecule has 0 atom stereocenters.